The summed E-state index contributed by atoms with van der Waals surface area (Å²) in [6, 6.07) is 8.24. The average Bonchev–Trinajstić information content (AvgIpc) is 2.34. The Morgan fingerprint density at radius 2 is 1.71 bits per heavy atom. The lowest BCUT2D eigenvalue weighted by Crippen LogP contribution is -2.02. The summed E-state index contributed by atoms with van der Waals surface area (Å²) in [5, 5.41) is 0. The zero-order valence-corrected chi connectivity index (χ0v) is 11.0. The number of aryl methyl sites for hydroxylation is 2. The molecule has 4 heteroatoms. The summed E-state index contributed by atoms with van der Waals surface area (Å²) in [6.45, 7) is 3.79. The fourth-order valence-electron chi connectivity index (χ4n) is 1.69. The van der Waals surface area contributed by atoms with Crippen LogP contribution in [0, 0.1) is 13.8 Å². The quantitative estimate of drug-likeness (QED) is 0.826. The zero-order chi connectivity index (χ0) is 12.4. The van der Waals surface area contributed by atoms with Gasteiger partial charge in [-0.2, -0.15) is 0 Å². The molecule has 3 nitrogen and oxygen atoms in total. The molecule has 0 amide bonds. The molecule has 0 radical (unpaired) electrons. The first-order valence-corrected chi connectivity index (χ1v) is 6.59. The largest absolute Gasteiger partial charge is 0.395 e. The topological polar surface area (TPSA) is 51.8 Å². The number of rotatable bonds is 2. The van der Waals surface area contributed by atoms with Crippen LogP contribution in [-0.2, 0) is 0 Å². The molecule has 0 saturated carbocycles. The number of benzene rings is 1. The third-order valence-corrected chi connectivity index (χ3v) is 3.36. The summed E-state index contributed by atoms with van der Waals surface area (Å²) < 4.78 is 0. The molecule has 0 atom stereocenters. The molecule has 17 heavy (non-hydrogen) atoms. The van der Waals surface area contributed by atoms with Crippen molar-refractivity contribution in [3.8, 4) is 11.3 Å². The lowest BCUT2D eigenvalue weighted by molar-refractivity contribution is 1.02. The van der Waals surface area contributed by atoms with Crippen LogP contribution in [0.1, 0.15) is 11.5 Å². The van der Waals surface area contributed by atoms with Crippen molar-refractivity contribution >= 4 is 17.4 Å². The molecule has 0 aliphatic rings. The second-order valence-corrected chi connectivity index (χ2v) is 4.73. The van der Waals surface area contributed by atoms with Crippen LogP contribution in [0.25, 0.3) is 11.3 Å². The molecule has 0 fully saturated rings. The number of anilines is 1. The second-order valence-electron chi connectivity index (χ2n) is 3.85. The summed E-state index contributed by atoms with van der Waals surface area (Å²) in [7, 11) is 0. The lowest BCUT2D eigenvalue weighted by Gasteiger charge is -2.08. The lowest BCUT2D eigenvalue weighted by atomic mass is 10.1. The standard InChI is InChI=1S/C13H15N3S/c1-8-12(14)13(16-9(2)15-8)10-4-6-11(17-3)7-5-10/h4-7H,14H2,1-3H3. The summed E-state index contributed by atoms with van der Waals surface area (Å²) in [6.07, 6.45) is 2.06. The smallest absolute Gasteiger partial charge is 0.126 e. The second kappa shape index (κ2) is 4.75. The van der Waals surface area contributed by atoms with Gasteiger partial charge >= 0.3 is 0 Å². The normalized spacial score (nSPS) is 10.5. The van der Waals surface area contributed by atoms with E-state index < -0.39 is 0 Å². The molecule has 2 aromatic rings. The number of nitrogens with zero attached hydrogens (tertiary/aromatic N) is 2. The molecule has 0 spiro atoms. The molecule has 88 valence electrons. The van der Waals surface area contributed by atoms with Gasteiger partial charge in [0.1, 0.15) is 5.82 Å². The van der Waals surface area contributed by atoms with E-state index in [1.54, 1.807) is 11.8 Å². The van der Waals surface area contributed by atoms with E-state index in [2.05, 4.69) is 28.4 Å². The van der Waals surface area contributed by atoms with Gasteiger partial charge in [-0.05, 0) is 32.2 Å². The molecule has 1 heterocycles. The predicted octanol–water partition coefficient (Wildman–Crippen LogP) is 3.06. The zero-order valence-electron chi connectivity index (χ0n) is 10.2. The Bertz CT molecular complexity index is 535. The van der Waals surface area contributed by atoms with Gasteiger partial charge in [-0.3, -0.25) is 0 Å². The average molecular weight is 245 g/mol. The molecule has 0 aliphatic heterocycles. The highest BCUT2D eigenvalue weighted by Gasteiger charge is 2.08. The number of hydrogen-bond acceptors (Lipinski definition) is 4. The fraction of sp³-hybridized carbons (Fsp3) is 0.231. The van der Waals surface area contributed by atoms with Crippen molar-refractivity contribution in [2.75, 3.05) is 12.0 Å². The monoisotopic (exact) mass is 245 g/mol. The third-order valence-electron chi connectivity index (χ3n) is 2.61. The molecule has 2 rings (SSSR count). The Morgan fingerprint density at radius 1 is 1.06 bits per heavy atom. The first kappa shape index (κ1) is 11.9. The van der Waals surface area contributed by atoms with Crippen molar-refractivity contribution in [3.63, 3.8) is 0 Å². The van der Waals surface area contributed by atoms with E-state index in [1.165, 1.54) is 4.90 Å². The maximum Gasteiger partial charge on any atom is 0.126 e. The van der Waals surface area contributed by atoms with Crippen molar-refractivity contribution in [2.45, 2.75) is 18.7 Å². The molecule has 0 unspecified atom stereocenters. The van der Waals surface area contributed by atoms with Crippen molar-refractivity contribution in [1.29, 1.82) is 0 Å². The number of thioether (sulfide) groups is 1. The minimum absolute atomic E-state index is 0.660. The first-order chi connectivity index (χ1) is 8.11. The van der Waals surface area contributed by atoms with Crippen LogP contribution >= 0.6 is 11.8 Å². The van der Waals surface area contributed by atoms with E-state index in [1.807, 2.05) is 26.0 Å². The van der Waals surface area contributed by atoms with Crippen molar-refractivity contribution in [3.05, 3.63) is 35.8 Å². The van der Waals surface area contributed by atoms with Gasteiger partial charge in [0.15, 0.2) is 0 Å². The van der Waals surface area contributed by atoms with Crippen LogP contribution in [0.3, 0.4) is 0 Å². The number of nitrogens with two attached hydrogens (primary N) is 1. The molecule has 0 saturated heterocycles. The van der Waals surface area contributed by atoms with Gasteiger partial charge in [-0.15, -0.1) is 11.8 Å². The Morgan fingerprint density at radius 3 is 2.29 bits per heavy atom. The summed E-state index contributed by atoms with van der Waals surface area (Å²) in [5.74, 6) is 0.751. The molecule has 0 aliphatic carbocycles. The Balaban J connectivity index is 2.52. The van der Waals surface area contributed by atoms with E-state index in [4.69, 9.17) is 5.73 Å². The Hall–Kier alpha value is -1.55. The predicted molar refractivity (Wildman–Crippen MR) is 73.1 cm³/mol. The SMILES string of the molecule is CSc1ccc(-c2nc(C)nc(C)c2N)cc1. The van der Waals surface area contributed by atoms with Crippen molar-refractivity contribution < 1.29 is 0 Å². The summed E-state index contributed by atoms with van der Waals surface area (Å²) >= 11 is 1.72. The number of hydrogen-bond donors (Lipinski definition) is 1. The Labute approximate surface area is 105 Å². The van der Waals surface area contributed by atoms with Crippen LogP contribution in [-0.4, -0.2) is 16.2 Å². The van der Waals surface area contributed by atoms with E-state index in [-0.39, 0.29) is 0 Å². The van der Waals surface area contributed by atoms with E-state index >= 15 is 0 Å². The number of nitrogen functional groups attached to an aromatic ring is 1. The summed E-state index contributed by atoms with van der Waals surface area (Å²) in [4.78, 5) is 9.90. The highest BCUT2D eigenvalue weighted by atomic mass is 32.2. The molecule has 0 bridgehead atoms. The Kier molecular flexibility index (Phi) is 3.33. The van der Waals surface area contributed by atoms with Crippen molar-refractivity contribution in [2.24, 2.45) is 0 Å². The van der Waals surface area contributed by atoms with Crippen LogP contribution < -0.4 is 5.73 Å². The highest BCUT2D eigenvalue weighted by Crippen LogP contribution is 2.27. The van der Waals surface area contributed by atoms with Crippen LogP contribution in [0.15, 0.2) is 29.2 Å². The molecule has 2 N–H and O–H groups in total. The van der Waals surface area contributed by atoms with Gasteiger partial charge in [0.05, 0.1) is 17.1 Å². The van der Waals surface area contributed by atoms with Crippen LogP contribution in [0.5, 0.6) is 0 Å². The minimum atomic E-state index is 0.660. The van der Waals surface area contributed by atoms with Gasteiger partial charge < -0.3 is 5.73 Å². The maximum absolute atomic E-state index is 6.02. The van der Waals surface area contributed by atoms with E-state index in [0.29, 0.717) is 5.69 Å². The molecule has 1 aromatic heterocycles. The highest BCUT2D eigenvalue weighted by molar-refractivity contribution is 7.98. The van der Waals surface area contributed by atoms with Gasteiger partial charge in [-0.25, -0.2) is 9.97 Å². The van der Waals surface area contributed by atoms with Crippen molar-refractivity contribution in [1.82, 2.24) is 9.97 Å². The maximum atomic E-state index is 6.02. The molecular formula is C13H15N3S. The van der Waals surface area contributed by atoms with Gasteiger partial charge in [0.2, 0.25) is 0 Å². The van der Waals surface area contributed by atoms with E-state index in [0.717, 1.165) is 22.8 Å². The van der Waals surface area contributed by atoms with Crippen LogP contribution in [0.4, 0.5) is 5.69 Å². The fourth-order valence-corrected chi connectivity index (χ4v) is 2.10. The van der Waals surface area contributed by atoms with Gasteiger partial charge in [0, 0.05) is 10.5 Å². The van der Waals surface area contributed by atoms with Gasteiger partial charge in [0.25, 0.3) is 0 Å². The molecule has 1 aromatic carbocycles. The minimum Gasteiger partial charge on any atom is -0.395 e. The van der Waals surface area contributed by atoms with E-state index in [9.17, 15) is 0 Å². The summed E-state index contributed by atoms with van der Waals surface area (Å²) in [5.41, 5.74) is 9.38. The first-order valence-electron chi connectivity index (χ1n) is 5.37. The molecular weight excluding hydrogens is 230 g/mol. The number of aromatic nitrogens is 2. The third kappa shape index (κ3) is 2.42. The van der Waals surface area contributed by atoms with Gasteiger partial charge in [-0.1, -0.05) is 12.1 Å². The van der Waals surface area contributed by atoms with Crippen LogP contribution in [0.2, 0.25) is 0 Å².